The van der Waals surface area contributed by atoms with Crippen molar-refractivity contribution >= 4 is 23.4 Å². The van der Waals surface area contributed by atoms with Crippen LogP contribution in [0, 0.1) is 0 Å². The molecule has 6 nitrogen and oxygen atoms in total. The summed E-state index contributed by atoms with van der Waals surface area (Å²) in [5.41, 5.74) is 2.35. The number of nitrogens with one attached hydrogen (secondary N) is 1. The smallest absolute Gasteiger partial charge is 0.228 e. The number of benzene rings is 1. The van der Waals surface area contributed by atoms with Gasteiger partial charge in [-0.3, -0.25) is 9.88 Å². The van der Waals surface area contributed by atoms with E-state index in [4.69, 9.17) is 16.6 Å². The average molecular weight is 381 g/mol. The molecule has 0 aliphatic carbocycles. The highest BCUT2D eigenvalue weighted by Crippen LogP contribution is 2.27. The molecule has 138 valence electrons. The number of aromatic nitrogens is 4. The first-order valence-corrected chi connectivity index (χ1v) is 9.47. The van der Waals surface area contributed by atoms with Gasteiger partial charge in [-0.25, -0.2) is 15.0 Å². The molecule has 1 atom stereocenters. The predicted molar refractivity (Wildman–Crippen MR) is 106 cm³/mol. The molecule has 3 heterocycles. The van der Waals surface area contributed by atoms with Gasteiger partial charge < -0.3 is 5.32 Å². The van der Waals surface area contributed by atoms with Crippen molar-refractivity contribution in [2.45, 2.75) is 25.3 Å². The molecule has 1 N–H and O–H groups in total. The van der Waals surface area contributed by atoms with Crippen LogP contribution in [0.1, 0.15) is 30.0 Å². The van der Waals surface area contributed by atoms with Crippen LogP contribution >= 0.6 is 11.6 Å². The largest absolute Gasteiger partial charge is 0.307 e. The third kappa shape index (κ3) is 4.78. The van der Waals surface area contributed by atoms with E-state index >= 15 is 0 Å². The fraction of sp³-hybridized carbons (Fsp3) is 0.300. The SMILES string of the molecule is Clc1ccc(CN2CCC[C@H](c3ccnc(Nc4cnccn4)n3)C2)cc1. The van der Waals surface area contributed by atoms with E-state index in [1.54, 1.807) is 24.8 Å². The Kier molecular flexibility index (Phi) is 5.55. The Morgan fingerprint density at radius 3 is 2.78 bits per heavy atom. The molecular weight excluding hydrogens is 360 g/mol. The van der Waals surface area contributed by atoms with Crippen molar-refractivity contribution in [3.8, 4) is 0 Å². The van der Waals surface area contributed by atoms with Gasteiger partial charge in [-0.1, -0.05) is 23.7 Å². The van der Waals surface area contributed by atoms with Crippen molar-refractivity contribution in [3.05, 3.63) is 71.4 Å². The first-order valence-electron chi connectivity index (χ1n) is 9.09. The summed E-state index contributed by atoms with van der Waals surface area (Å²) >= 11 is 5.99. The Labute approximate surface area is 163 Å². The third-order valence-electron chi connectivity index (χ3n) is 4.72. The van der Waals surface area contributed by atoms with E-state index in [9.17, 15) is 0 Å². The van der Waals surface area contributed by atoms with E-state index in [0.717, 1.165) is 43.2 Å². The average Bonchev–Trinajstić information content (AvgIpc) is 2.71. The van der Waals surface area contributed by atoms with Gasteiger partial charge in [-0.2, -0.15) is 0 Å². The topological polar surface area (TPSA) is 66.8 Å². The summed E-state index contributed by atoms with van der Waals surface area (Å²) in [4.78, 5) is 19.8. The van der Waals surface area contributed by atoms with Crippen molar-refractivity contribution in [3.63, 3.8) is 0 Å². The van der Waals surface area contributed by atoms with E-state index in [1.165, 1.54) is 5.56 Å². The second-order valence-corrected chi connectivity index (χ2v) is 7.16. The molecule has 1 aliphatic heterocycles. The maximum atomic E-state index is 5.99. The van der Waals surface area contributed by atoms with Crippen molar-refractivity contribution in [1.29, 1.82) is 0 Å². The van der Waals surface area contributed by atoms with Crippen LogP contribution in [0.4, 0.5) is 11.8 Å². The number of anilines is 2. The maximum Gasteiger partial charge on any atom is 0.228 e. The monoisotopic (exact) mass is 380 g/mol. The van der Waals surface area contributed by atoms with E-state index in [1.807, 2.05) is 18.2 Å². The number of halogens is 1. The molecule has 1 aliphatic rings. The van der Waals surface area contributed by atoms with E-state index in [-0.39, 0.29) is 0 Å². The molecule has 1 aromatic carbocycles. The van der Waals surface area contributed by atoms with Crippen molar-refractivity contribution in [1.82, 2.24) is 24.8 Å². The van der Waals surface area contributed by atoms with E-state index in [0.29, 0.717) is 17.7 Å². The summed E-state index contributed by atoms with van der Waals surface area (Å²) in [6.45, 7) is 3.03. The fourth-order valence-corrected chi connectivity index (χ4v) is 3.55. The summed E-state index contributed by atoms with van der Waals surface area (Å²) in [6, 6.07) is 10.1. The zero-order chi connectivity index (χ0) is 18.5. The van der Waals surface area contributed by atoms with Crippen LogP contribution in [-0.2, 0) is 6.54 Å². The Bertz CT molecular complexity index is 871. The number of hydrogen-bond donors (Lipinski definition) is 1. The molecule has 7 heteroatoms. The molecule has 0 spiro atoms. The van der Waals surface area contributed by atoms with Gasteiger partial charge in [0.05, 0.1) is 11.9 Å². The van der Waals surface area contributed by atoms with Crippen LogP contribution in [-0.4, -0.2) is 37.9 Å². The van der Waals surface area contributed by atoms with Gasteiger partial charge >= 0.3 is 0 Å². The lowest BCUT2D eigenvalue weighted by atomic mass is 9.94. The zero-order valence-corrected chi connectivity index (χ0v) is 15.7. The van der Waals surface area contributed by atoms with Gasteiger partial charge in [-0.15, -0.1) is 0 Å². The maximum absolute atomic E-state index is 5.99. The second-order valence-electron chi connectivity index (χ2n) is 6.72. The molecular formula is C20H21ClN6. The summed E-state index contributed by atoms with van der Waals surface area (Å²) in [5.74, 6) is 1.60. The van der Waals surface area contributed by atoms with Gasteiger partial charge in [0.15, 0.2) is 5.82 Å². The van der Waals surface area contributed by atoms with Crippen LogP contribution < -0.4 is 5.32 Å². The Morgan fingerprint density at radius 1 is 1.07 bits per heavy atom. The van der Waals surface area contributed by atoms with Gasteiger partial charge in [0.2, 0.25) is 5.95 Å². The first kappa shape index (κ1) is 17.8. The standard InChI is InChI=1S/C20H21ClN6/c21-17-5-3-15(4-6-17)13-27-11-1-2-16(14-27)18-7-8-24-20(25-18)26-19-12-22-9-10-23-19/h3-10,12,16H,1-2,11,13-14H2,(H,23,24,25,26)/t16-/m0/s1. The number of nitrogens with zero attached hydrogens (tertiary/aromatic N) is 5. The number of likely N-dealkylation sites (tertiary alicyclic amines) is 1. The molecule has 2 aromatic heterocycles. The summed E-state index contributed by atoms with van der Waals surface area (Å²) in [7, 11) is 0. The lowest BCUT2D eigenvalue weighted by Gasteiger charge is -2.32. The Balaban J connectivity index is 1.43. The molecule has 1 saturated heterocycles. The molecule has 4 rings (SSSR count). The van der Waals surface area contributed by atoms with Gasteiger partial charge in [-0.05, 0) is 43.1 Å². The first-order chi connectivity index (χ1) is 13.3. The second kappa shape index (κ2) is 8.41. The Morgan fingerprint density at radius 2 is 1.96 bits per heavy atom. The van der Waals surface area contributed by atoms with Gasteiger partial charge in [0.1, 0.15) is 0 Å². The van der Waals surface area contributed by atoms with Gasteiger partial charge in [0.25, 0.3) is 0 Å². The van der Waals surface area contributed by atoms with Crippen molar-refractivity contribution in [2.24, 2.45) is 0 Å². The summed E-state index contributed by atoms with van der Waals surface area (Å²) < 4.78 is 0. The zero-order valence-electron chi connectivity index (χ0n) is 14.9. The highest BCUT2D eigenvalue weighted by molar-refractivity contribution is 6.30. The quantitative estimate of drug-likeness (QED) is 0.720. The van der Waals surface area contributed by atoms with Crippen LogP contribution in [0.5, 0.6) is 0 Å². The minimum Gasteiger partial charge on any atom is -0.307 e. The lowest BCUT2D eigenvalue weighted by Crippen LogP contribution is -2.34. The molecule has 1 fully saturated rings. The van der Waals surface area contributed by atoms with Crippen molar-refractivity contribution in [2.75, 3.05) is 18.4 Å². The molecule has 0 radical (unpaired) electrons. The minimum atomic E-state index is 0.399. The van der Waals surface area contributed by atoms with E-state index in [2.05, 4.69) is 37.3 Å². The van der Waals surface area contributed by atoms with Crippen LogP contribution in [0.25, 0.3) is 0 Å². The molecule has 0 bridgehead atoms. The number of hydrogen-bond acceptors (Lipinski definition) is 6. The summed E-state index contributed by atoms with van der Waals surface area (Å²) in [5, 5.41) is 3.89. The number of rotatable bonds is 5. The predicted octanol–water partition coefficient (Wildman–Crippen LogP) is 4.04. The minimum absolute atomic E-state index is 0.399. The third-order valence-corrected chi connectivity index (χ3v) is 4.98. The molecule has 3 aromatic rings. The highest BCUT2D eigenvalue weighted by Gasteiger charge is 2.23. The Hall–Kier alpha value is -2.57. The highest BCUT2D eigenvalue weighted by atomic mass is 35.5. The van der Waals surface area contributed by atoms with Crippen LogP contribution in [0.3, 0.4) is 0 Å². The molecule has 0 saturated carbocycles. The fourth-order valence-electron chi connectivity index (χ4n) is 3.43. The van der Waals surface area contributed by atoms with Crippen LogP contribution in [0.2, 0.25) is 5.02 Å². The van der Waals surface area contributed by atoms with Crippen LogP contribution in [0.15, 0.2) is 55.1 Å². The van der Waals surface area contributed by atoms with Gasteiger partial charge in [0, 0.05) is 42.6 Å². The molecule has 0 amide bonds. The number of piperidine rings is 1. The van der Waals surface area contributed by atoms with E-state index < -0.39 is 0 Å². The normalized spacial score (nSPS) is 17.6. The van der Waals surface area contributed by atoms with Crippen molar-refractivity contribution < 1.29 is 0 Å². The summed E-state index contributed by atoms with van der Waals surface area (Å²) in [6.07, 6.45) is 9.04. The molecule has 27 heavy (non-hydrogen) atoms. The lowest BCUT2D eigenvalue weighted by molar-refractivity contribution is 0.198. The molecule has 0 unspecified atom stereocenters.